The number of piperidine rings is 1. The molecule has 0 radical (unpaired) electrons. The Bertz CT molecular complexity index is 990. The van der Waals surface area contributed by atoms with Crippen molar-refractivity contribution in [2.45, 2.75) is 24.3 Å². The fourth-order valence-corrected chi connectivity index (χ4v) is 5.41. The van der Waals surface area contributed by atoms with Crippen molar-refractivity contribution in [3.05, 3.63) is 58.1 Å². The van der Waals surface area contributed by atoms with Crippen LogP contribution in [0.25, 0.3) is 0 Å². The summed E-state index contributed by atoms with van der Waals surface area (Å²) in [5.41, 5.74) is 0.843. The zero-order chi connectivity index (χ0) is 21.0. The van der Waals surface area contributed by atoms with E-state index in [1.54, 1.807) is 12.1 Å². The van der Waals surface area contributed by atoms with Crippen LogP contribution in [0.1, 0.15) is 18.4 Å². The normalized spacial score (nSPS) is 15.8. The third kappa shape index (κ3) is 5.04. The molecule has 1 N–H and O–H groups in total. The summed E-state index contributed by atoms with van der Waals surface area (Å²) in [4.78, 5) is 12.5. The summed E-state index contributed by atoms with van der Waals surface area (Å²) in [5.74, 6) is -0.0958. The standard InChI is InChI=1S/C20H22Cl2N2O4S/c1-28-18-7-6-16(21)12-19(18)29(26,27)24-10-8-14(9-11-24)20(25)23-13-15-4-2-3-5-17(15)22/h2-7,12,14H,8-11,13H2,1H3,(H,23,25). The minimum absolute atomic E-state index is 0.0362. The zero-order valence-electron chi connectivity index (χ0n) is 15.9. The lowest BCUT2D eigenvalue weighted by Crippen LogP contribution is -2.42. The van der Waals surface area contributed by atoms with Crippen molar-refractivity contribution in [1.29, 1.82) is 0 Å². The van der Waals surface area contributed by atoms with E-state index in [0.717, 1.165) is 5.56 Å². The molecule has 156 valence electrons. The van der Waals surface area contributed by atoms with Crippen molar-refractivity contribution in [2.24, 2.45) is 5.92 Å². The fourth-order valence-electron chi connectivity index (χ4n) is 3.32. The maximum Gasteiger partial charge on any atom is 0.246 e. The molecule has 2 aromatic rings. The summed E-state index contributed by atoms with van der Waals surface area (Å²) in [6.45, 7) is 0.848. The molecule has 1 aliphatic heterocycles. The minimum Gasteiger partial charge on any atom is -0.495 e. The van der Waals surface area contributed by atoms with Crippen LogP contribution in [0, 0.1) is 5.92 Å². The van der Waals surface area contributed by atoms with Crippen LogP contribution in [0.4, 0.5) is 0 Å². The van der Waals surface area contributed by atoms with E-state index in [1.807, 2.05) is 18.2 Å². The maximum atomic E-state index is 13.0. The molecule has 0 atom stereocenters. The number of nitrogens with one attached hydrogen (secondary N) is 1. The van der Waals surface area contributed by atoms with Gasteiger partial charge in [0, 0.05) is 35.6 Å². The van der Waals surface area contributed by atoms with E-state index in [2.05, 4.69) is 5.32 Å². The number of hydrogen-bond acceptors (Lipinski definition) is 4. The van der Waals surface area contributed by atoms with E-state index in [1.165, 1.54) is 23.5 Å². The number of ether oxygens (including phenoxy) is 1. The molecule has 6 nitrogen and oxygen atoms in total. The Morgan fingerprint density at radius 2 is 1.86 bits per heavy atom. The lowest BCUT2D eigenvalue weighted by atomic mass is 9.97. The van der Waals surface area contributed by atoms with E-state index in [0.29, 0.717) is 29.4 Å². The van der Waals surface area contributed by atoms with Crippen LogP contribution in [0.3, 0.4) is 0 Å². The number of methoxy groups -OCH3 is 1. The van der Waals surface area contributed by atoms with E-state index in [4.69, 9.17) is 27.9 Å². The van der Waals surface area contributed by atoms with Crippen molar-refractivity contribution >= 4 is 39.1 Å². The van der Waals surface area contributed by atoms with Gasteiger partial charge in [0.05, 0.1) is 7.11 Å². The van der Waals surface area contributed by atoms with E-state index in [-0.39, 0.29) is 35.6 Å². The van der Waals surface area contributed by atoms with Crippen molar-refractivity contribution in [1.82, 2.24) is 9.62 Å². The number of carbonyl (C=O) groups is 1. The Morgan fingerprint density at radius 3 is 2.52 bits per heavy atom. The van der Waals surface area contributed by atoms with Crippen molar-refractivity contribution in [3.8, 4) is 5.75 Å². The molecule has 1 fully saturated rings. The highest BCUT2D eigenvalue weighted by molar-refractivity contribution is 7.89. The molecule has 0 unspecified atom stereocenters. The molecule has 0 saturated carbocycles. The number of nitrogens with zero attached hydrogens (tertiary/aromatic N) is 1. The molecule has 0 aromatic heterocycles. The van der Waals surface area contributed by atoms with Crippen LogP contribution in [-0.4, -0.2) is 38.8 Å². The molecule has 0 aliphatic carbocycles. The lowest BCUT2D eigenvalue weighted by molar-refractivity contribution is -0.126. The SMILES string of the molecule is COc1ccc(Cl)cc1S(=O)(=O)N1CCC(C(=O)NCc2ccccc2Cl)CC1. The summed E-state index contributed by atoms with van der Waals surface area (Å²) in [6, 6.07) is 11.8. The van der Waals surface area contributed by atoms with Crippen LogP contribution < -0.4 is 10.1 Å². The summed E-state index contributed by atoms with van der Waals surface area (Å²) in [5, 5.41) is 3.81. The number of halogens is 2. The fraction of sp³-hybridized carbons (Fsp3) is 0.350. The smallest absolute Gasteiger partial charge is 0.246 e. The zero-order valence-corrected chi connectivity index (χ0v) is 18.2. The predicted molar refractivity (Wildman–Crippen MR) is 113 cm³/mol. The van der Waals surface area contributed by atoms with Gasteiger partial charge in [-0.25, -0.2) is 8.42 Å². The molecule has 0 spiro atoms. The highest BCUT2D eigenvalue weighted by Gasteiger charge is 2.33. The van der Waals surface area contributed by atoms with Gasteiger partial charge >= 0.3 is 0 Å². The minimum atomic E-state index is -3.76. The predicted octanol–water partition coefficient (Wildman–Crippen LogP) is 3.72. The van der Waals surface area contributed by atoms with Crippen molar-refractivity contribution in [2.75, 3.05) is 20.2 Å². The molecule has 0 bridgehead atoms. The molecule has 1 amide bonds. The summed E-state index contributed by atoms with van der Waals surface area (Å²) >= 11 is 12.1. The van der Waals surface area contributed by atoms with Gasteiger partial charge in [-0.2, -0.15) is 4.31 Å². The van der Waals surface area contributed by atoms with E-state index < -0.39 is 10.0 Å². The van der Waals surface area contributed by atoms with Gasteiger partial charge in [-0.15, -0.1) is 0 Å². The van der Waals surface area contributed by atoms with Gasteiger partial charge in [0.25, 0.3) is 0 Å². The highest BCUT2D eigenvalue weighted by Crippen LogP contribution is 2.31. The van der Waals surface area contributed by atoms with Gasteiger partial charge in [-0.1, -0.05) is 41.4 Å². The third-order valence-corrected chi connectivity index (χ3v) is 7.50. The number of carbonyl (C=O) groups excluding carboxylic acids is 1. The number of hydrogen-bond donors (Lipinski definition) is 1. The van der Waals surface area contributed by atoms with Crippen LogP contribution in [0.5, 0.6) is 5.75 Å². The monoisotopic (exact) mass is 456 g/mol. The van der Waals surface area contributed by atoms with Gasteiger partial charge in [-0.3, -0.25) is 4.79 Å². The first-order chi connectivity index (χ1) is 13.8. The molecule has 3 rings (SSSR count). The van der Waals surface area contributed by atoms with Crippen LogP contribution in [-0.2, 0) is 21.4 Å². The Kier molecular flexibility index (Phi) is 7.05. The second kappa shape index (κ2) is 9.34. The summed E-state index contributed by atoms with van der Waals surface area (Å²) in [7, 11) is -2.35. The third-order valence-electron chi connectivity index (χ3n) is 4.98. The number of sulfonamides is 1. The largest absolute Gasteiger partial charge is 0.495 e. The van der Waals surface area contributed by atoms with Gasteiger partial charge in [0.2, 0.25) is 15.9 Å². The lowest BCUT2D eigenvalue weighted by Gasteiger charge is -2.31. The Morgan fingerprint density at radius 1 is 1.17 bits per heavy atom. The Balaban J connectivity index is 1.62. The second-order valence-electron chi connectivity index (χ2n) is 6.78. The summed E-state index contributed by atoms with van der Waals surface area (Å²) < 4.78 is 32.6. The van der Waals surface area contributed by atoms with Crippen LogP contribution in [0.2, 0.25) is 10.0 Å². The number of rotatable bonds is 6. The van der Waals surface area contributed by atoms with Crippen LogP contribution >= 0.6 is 23.2 Å². The molecule has 2 aromatic carbocycles. The topological polar surface area (TPSA) is 75.7 Å². The molecular formula is C20H22Cl2N2O4S. The number of benzene rings is 2. The van der Waals surface area contributed by atoms with Gasteiger partial charge in [0.15, 0.2) is 0 Å². The Hall–Kier alpha value is -1.80. The second-order valence-corrected chi connectivity index (χ2v) is 9.53. The van der Waals surface area contributed by atoms with E-state index >= 15 is 0 Å². The Labute approximate surface area is 180 Å². The first kappa shape index (κ1) is 21.9. The van der Waals surface area contributed by atoms with Gasteiger partial charge in [0.1, 0.15) is 10.6 Å². The van der Waals surface area contributed by atoms with E-state index in [9.17, 15) is 13.2 Å². The average molecular weight is 457 g/mol. The van der Waals surface area contributed by atoms with Gasteiger partial charge < -0.3 is 10.1 Å². The number of amides is 1. The maximum absolute atomic E-state index is 13.0. The molecule has 29 heavy (non-hydrogen) atoms. The van der Waals surface area contributed by atoms with Crippen molar-refractivity contribution in [3.63, 3.8) is 0 Å². The molecular weight excluding hydrogens is 435 g/mol. The first-order valence-corrected chi connectivity index (χ1v) is 11.4. The quantitative estimate of drug-likeness (QED) is 0.718. The van der Waals surface area contributed by atoms with Crippen molar-refractivity contribution < 1.29 is 17.9 Å². The first-order valence-electron chi connectivity index (χ1n) is 9.17. The highest BCUT2D eigenvalue weighted by atomic mass is 35.5. The molecule has 1 heterocycles. The van der Waals surface area contributed by atoms with Crippen LogP contribution in [0.15, 0.2) is 47.4 Å². The molecule has 1 saturated heterocycles. The average Bonchev–Trinajstić information content (AvgIpc) is 2.73. The molecule has 9 heteroatoms. The summed E-state index contributed by atoms with van der Waals surface area (Å²) in [6.07, 6.45) is 0.882. The molecule has 1 aliphatic rings. The van der Waals surface area contributed by atoms with Gasteiger partial charge in [-0.05, 0) is 42.7 Å².